The summed E-state index contributed by atoms with van der Waals surface area (Å²) in [4.78, 5) is 0. The minimum atomic E-state index is -3.91. The fourth-order valence-electron chi connectivity index (χ4n) is 1.32. The summed E-state index contributed by atoms with van der Waals surface area (Å²) in [6.45, 7) is 0. The smallest absolute Gasteiger partial charge is 0.277 e. The van der Waals surface area contributed by atoms with Gasteiger partial charge >= 0.3 is 0 Å². The second-order valence-corrected chi connectivity index (χ2v) is 4.95. The second-order valence-electron chi connectivity index (χ2n) is 3.30. The highest BCUT2D eigenvalue weighted by Crippen LogP contribution is 2.20. The highest BCUT2D eigenvalue weighted by atomic mass is 32.2. The van der Waals surface area contributed by atoms with Crippen molar-refractivity contribution in [2.24, 2.45) is 0 Å². The number of benzene rings is 1. The van der Waals surface area contributed by atoms with Gasteiger partial charge in [-0.25, -0.2) is 4.39 Å². The third-order valence-electron chi connectivity index (χ3n) is 2.13. The summed E-state index contributed by atoms with van der Waals surface area (Å²) in [7, 11) is -3.91. The molecule has 0 amide bonds. The monoisotopic (exact) mass is 266 g/mol. The van der Waals surface area contributed by atoms with Crippen molar-refractivity contribution in [1.29, 1.82) is 5.26 Å². The van der Waals surface area contributed by atoms with Crippen molar-refractivity contribution in [2.45, 2.75) is 5.03 Å². The summed E-state index contributed by atoms with van der Waals surface area (Å²) >= 11 is 0. The number of rotatable bonds is 3. The molecular formula is C10H7FN4O2S. The Morgan fingerprint density at radius 3 is 2.78 bits per heavy atom. The topological polar surface area (TPSA) is 98.6 Å². The first kappa shape index (κ1) is 12.1. The van der Waals surface area contributed by atoms with Gasteiger partial charge in [0.1, 0.15) is 17.4 Å². The van der Waals surface area contributed by atoms with Crippen molar-refractivity contribution in [2.75, 3.05) is 4.72 Å². The molecule has 8 heteroatoms. The highest BCUT2D eigenvalue weighted by molar-refractivity contribution is 7.92. The van der Waals surface area contributed by atoms with E-state index in [0.29, 0.717) is 0 Å². The van der Waals surface area contributed by atoms with Crippen LogP contribution in [0, 0.1) is 17.1 Å². The lowest BCUT2D eigenvalue weighted by molar-refractivity contribution is 0.597. The first-order valence-corrected chi connectivity index (χ1v) is 6.24. The summed E-state index contributed by atoms with van der Waals surface area (Å²) in [6.07, 6.45) is 1.27. The van der Waals surface area contributed by atoms with Crippen LogP contribution in [0.25, 0.3) is 0 Å². The zero-order valence-corrected chi connectivity index (χ0v) is 9.70. The molecule has 0 aliphatic heterocycles. The Hall–Kier alpha value is -2.40. The number of hydrogen-bond donors (Lipinski definition) is 2. The van der Waals surface area contributed by atoms with Crippen LogP contribution in [-0.2, 0) is 10.0 Å². The fraction of sp³-hybridized carbons (Fsp3) is 0. The predicted molar refractivity (Wildman–Crippen MR) is 60.5 cm³/mol. The molecule has 6 nitrogen and oxygen atoms in total. The van der Waals surface area contributed by atoms with E-state index >= 15 is 0 Å². The Morgan fingerprint density at radius 1 is 1.39 bits per heavy atom. The summed E-state index contributed by atoms with van der Waals surface area (Å²) in [6, 6.07) is 6.53. The van der Waals surface area contributed by atoms with Crippen LogP contribution in [0.4, 0.5) is 10.1 Å². The van der Waals surface area contributed by atoms with Crippen LogP contribution in [0.5, 0.6) is 0 Å². The van der Waals surface area contributed by atoms with E-state index in [1.165, 1.54) is 24.4 Å². The van der Waals surface area contributed by atoms with Gasteiger partial charge in [-0.1, -0.05) is 6.07 Å². The van der Waals surface area contributed by atoms with Gasteiger partial charge in [-0.05, 0) is 18.2 Å². The van der Waals surface area contributed by atoms with Gasteiger partial charge in [0.2, 0.25) is 0 Å². The van der Waals surface area contributed by atoms with Gasteiger partial charge in [0.25, 0.3) is 10.0 Å². The van der Waals surface area contributed by atoms with Crippen LogP contribution in [0.15, 0.2) is 35.5 Å². The SMILES string of the molecule is N#Cc1c(F)cccc1NS(=O)(=O)c1ccn[nH]1. The van der Waals surface area contributed by atoms with E-state index < -0.39 is 15.8 Å². The molecule has 1 aromatic heterocycles. The second kappa shape index (κ2) is 4.46. The Bertz CT molecular complexity index is 704. The van der Waals surface area contributed by atoms with E-state index in [0.717, 1.165) is 6.07 Å². The molecule has 92 valence electrons. The Labute approximate surface area is 102 Å². The van der Waals surface area contributed by atoms with Gasteiger partial charge < -0.3 is 0 Å². The largest absolute Gasteiger partial charge is 0.278 e. The van der Waals surface area contributed by atoms with Gasteiger partial charge in [-0.15, -0.1) is 0 Å². The maximum atomic E-state index is 13.3. The molecule has 2 aromatic rings. The van der Waals surface area contributed by atoms with Crippen LogP contribution in [-0.4, -0.2) is 18.6 Å². The van der Waals surface area contributed by atoms with E-state index in [-0.39, 0.29) is 16.3 Å². The molecule has 0 atom stereocenters. The van der Waals surface area contributed by atoms with E-state index in [4.69, 9.17) is 5.26 Å². The van der Waals surface area contributed by atoms with Crippen molar-refractivity contribution in [3.63, 3.8) is 0 Å². The van der Waals surface area contributed by atoms with Gasteiger partial charge in [0.05, 0.1) is 11.9 Å². The van der Waals surface area contributed by atoms with Crippen LogP contribution in [0.1, 0.15) is 5.56 Å². The number of sulfonamides is 1. The van der Waals surface area contributed by atoms with Crippen molar-refractivity contribution >= 4 is 15.7 Å². The molecule has 0 fully saturated rings. The van der Waals surface area contributed by atoms with E-state index in [9.17, 15) is 12.8 Å². The van der Waals surface area contributed by atoms with Gasteiger partial charge in [0.15, 0.2) is 5.03 Å². The number of nitrogens with one attached hydrogen (secondary N) is 2. The van der Waals surface area contributed by atoms with Gasteiger partial charge in [0, 0.05) is 0 Å². The van der Waals surface area contributed by atoms with Crippen molar-refractivity contribution in [1.82, 2.24) is 10.2 Å². The van der Waals surface area contributed by atoms with Crippen molar-refractivity contribution < 1.29 is 12.8 Å². The van der Waals surface area contributed by atoms with Gasteiger partial charge in [-0.2, -0.15) is 18.8 Å². The molecule has 0 unspecified atom stereocenters. The zero-order chi connectivity index (χ0) is 13.2. The van der Waals surface area contributed by atoms with Crippen LogP contribution >= 0.6 is 0 Å². The van der Waals surface area contributed by atoms with Gasteiger partial charge in [-0.3, -0.25) is 9.82 Å². The molecule has 2 rings (SSSR count). The molecule has 1 heterocycles. The molecule has 0 aliphatic carbocycles. The van der Waals surface area contributed by atoms with Crippen LogP contribution in [0.3, 0.4) is 0 Å². The lowest BCUT2D eigenvalue weighted by Crippen LogP contribution is -2.14. The average Bonchev–Trinajstić information content (AvgIpc) is 2.83. The maximum Gasteiger partial charge on any atom is 0.278 e. The number of hydrogen-bond acceptors (Lipinski definition) is 4. The third-order valence-corrected chi connectivity index (χ3v) is 3.43. The molecule has 0 spiro atoms. The molecular weight excluding hydrogens is 259 g/mol. The minimum absolute atomic E-state index is 0.118. The number of nitriles is 1. The standard InChI is InChI=1S/C10H7FN4O2S/c11-8-2-1-3-9(7(8)6-12)15-18(16,17)10-4-5-13-14-10/h1-5,15H,(H,13,14). The van der Waals surface area contributed by atoms with Crippen molar-refractivity contribution in [3.05, 3.63) is 41.8 Å². The maximum absolute atomic E-state index is 13.3. The van der Waals surface area contributed by atoms with Crippen LogP contribution < -0.4 is 4.72 Å². The number of H-pyrrole nitrogens is 1. The number of nitrogens with zero attached hydrogens (tertiary/aromatic N) is 2. The lowest BCUT2D eigenvalue weighted by atomic mass is 10.2. The minimum Gasteiger partial charge on any atom is -0.277 e. The Kier molecular flexibility index (Phi) is 2.99. The summed E-state index contributed by atoms with van der Waals surface area (Å²) in [5, 5.41) is 14.4. The third kappa shape index (κ3) is 2.16. The highest BCUT2D eigenvalue weighted by Gasteiger charge is 2.18. The first-order chi connectivity index (χ1) is 8.54. The lowest BCUT2D eigenvalue weighted by Gasteiger charge is -2.07. The Morgan fingerprint density at radius 2 is 2.17 bits per heavy atom. The number of aromatic amines is 1. The molecule has 0 radical (unpaired) electrons. The average molecular weight is 266 g/mol. The molecule has 0 aliphatic rings. The summed E-state index contributed by atoms with van der Waals surface area (Å²) in [5.41, 5.74) is -0.479. The predicted octanol–water partition coefficient (Wildman–Crippen LogP) is 1.22. The quantitative estimate of drug-likeness (QED) is 0.872. The molecule has 0 saturated carbocycles. The summed E-state index contributed by atoms with van der Waals surface area (Å²) in [5.74, 6) is -0.790. The fourth-order valence-corrected chi connectivity index (χ4v) is 2.30. The number of halogens is 1. The molecule has 2 N–H and O–H groups in total. The van der Waals surface area contributed by atoms with E-state index in [1.807, 2.05) is 0 Å². The Balaban J connectivity index is 2.43. The summed E-state index contributed by atoms with van der Waals surface area (Å²) < 4.78 is 39.1. The first-order valence-electron chi connectivity index (χ1n) is 4.75. The molecule has 18 heavy (non-hydrogen) atoms. The number of aromatic nitrogens is 2. The molecule has 1 aromatic carbocycles. The zero-order valence-electron chi connectivity index (χ0n) is 8.88. The molecule has 0 bridgehead atoms. The van der Waals surface area contributed by atoms with Crippen molar-refractivity contribution in [3.8, 4) is 6.07 Å². The van der Waals surface area contributed by atoms with E-state index in [1.54, 1.807) is 6.07 Å². The normalized spacial score (nSPS) is 10.9. The van der Waals surface area contributed by atoms with E-state index in [2.05, 4.69) is 14.9 Å². The number of anilines is 1. The molecule has 0 saturated heterocycles. The van der Waals surface area contributed by atoms with Crippen LogP contribution in [0.2, 0.25) is 0 Å².